The second-order valence-electron chi connectivity index (χ2n) is 4.06. The minimum absolute atomic E-state index is 0.175. The van der Waals surface area contributed by atoms with Crippen molar-refractivity contribution in [1.29, 1.82) is 0 Å². The largest absolute Gasteiger partial charge is 0.393 e. The lowest BCUT2D eigenvalue weighted by Gasteiger charge is -2.23. The van der Waals surface area contributed by atoms with Crippen molar-refractivity contribution in [1.82, 2.24) is 9.55 Å². The van der Waals surface area contributed by atoms with Gasteiger partial charge < -0.3 is 9.84 Å². The van der Waals surface area contributed by atoms with Gasteiger partial charge in [0, 0.05) is 12.3 Å². The smallest absolute Gasteiger partial charge is 0.330 e. The summed E-state index contributed by atoms with van der Waals surface area (Å²) >= 11 is 0. The fourth-order valence-electron chi connectivity index (χ4n) is 1.94. The van der Waals surface area contributed by atoms with Gasteiger partial charge in [-0.05, 0) is 12.8 Å². The van der Waals surface area contributed by atoms with Crippen LogP contribution in [0.4, 0.5) is 0 Å². The molecule has 1 saturated heterocycles. The van der Waals surface area contributed by atoms with Gasteiger partial charge >= 0.3 is 5.69 Å². The Labute approximate surface area is 97.2 Å². The summed E-state index contributed by atoms with van der Waals surface area (Å²) in [6.45, 7) is 3.44. The van der Waals surface area contributed by atoms with E-state index in [2.05, 4.69) is 11.6 Å². The highest BCUT2D eigenvalue weighted by Crippen LogP contribution is 2.35. The number of hydrogen-bond donors (Lipinski definition) is 2. The van der Waals surface area contributed by atoms with Crippen LogP contribution in [0.15, 0.2) is 34.5 Å². The van der Waals surface area contributed by atoms with E-state index in [1.807, 2.05) is 0 Å². The zero-order chi connectivity index (χ0) is 12.5. The number of rotatable bonds is 3. The average molecular weight is 238 g/mol. The third-order valence-electron chi connectivity index (χ3n) is 2.99. The standard InChI is InChI=1S/C11H14N2O4/c1-2-11(7-14)5-3-9(17-11)13-6-4-8(15)12-10(13)16/h2,4,6,9,14H,1,3,5,7H2,(H,12,15,16)/t9-,11+/m1/s1. The Morgan fingerprint density at radius 1 is 1.71 bits per heavy atom. The summed E-state index contributed by atoms with van der Waals surface area (Å²) in [5.41, 5.74) is -1.75. The molecule has 0 saturated carbocycles. The molecule has 2 N–H and O–H groups in total. The van der Waals surface area contributed by atoms with E-state index in [-0.39, 0.29) is 6.61 Å². The summed E-state index contributed by atoms with van der Waals surface area (Å²) in [5.74, 6) is 0. The molecule has 2 heterocycles. The first-order chi connectivity index (χ1) is 8.10. The van der Waals surface area contributed by atoms with Gasteiger partial charge in [0.05, 0.1) is 6.61 Å². The minimum Gasteiger partial charge on any atom is -0.393 e. The van der Waals surface area contributed by atoms with Gasteiger partial charge in [0.2, 0.25) is 0 Å². The first-order valence-electron chi connectivity index (χ1n) is 5.34. The molecule has 2 rings (SSSR count). The van der Waals surface area contributed by atoms with E-state index < -0.39 is 23.1 Å². The number of nitrogens with zero attached hydrogens (tertiary/aromatic N) is 1. The summed E-state index contributed by atoms with van der Waals surface area (Å²) < 4.78 is 6.93. The highest BCUT2D eigenvalue weighted by molar-refractivity contribution is 5.01. The molecule has 0 unspecified atom stereocenters. The Kier molecular flexibility index (Phi) is 2.99. The van der Waals surface area contributed by atoms with E-state index in [0.29, 0.717) is 12.8 Å². The number of ether oxygens (including phenoxy) is 1. The number of H-pyrrole nitrogens is 1. The SMILES string of the molecule is C=C[C@@]1(CO)CC[C@H](n2ccc(=O)[nH]c2=O)O1. The molecular weight excluding hydrogens is 224 g/mol. The molecule has 6 nitrogen and oxygen atoms in total. The fraction of sp³-hybridized carbons (Fsp3) is 0.455. The van der Waals surface area contributed by atoms with Crippen molar-refractivity contribution in [2.75, 3.05) is 6.61 Å². The number of aliphatic hydroxyl groups excluding tert-OH is 1. The molecule has 0 bridgehead atoms. The molecule has 17 heavy (non-hydrogen) atoms. The molecule has 1 aliphatic rings. The normalized spacial score (nSPS) is 28.2. The Morgan fingerprint density at radius 2 is 2.47 bits per heavy atom. The maximum Gasteiger partial charge on any atom is 0.330 e. The van der Waals surface area contributed by atoms with Crippen molar-refractivity contribution in [2.45, 2.75) is 24.7 Å². The lowest BCUT2D eigenvalue weighted by Crippen LogP contribution is -2.34. The van der Waals surface area contributed by atoms with Crippen molar-refractivity contribution in [3.05, 3.63) is 45.8 Å². The monoisotopic (exact) mass is 238 g/mol. The van der Waals surface area contributed by atoms with Crippen LogP contribution in [0.1, 0.15) is 19.1 Å². The number of aliphatic hydroxyl groups is 1. The van der Waals surface area contributed by atoms with Crippen LogP contribution in [0, 0.1) is 0 Å². The maximum atomic E-state index is 11.6. The van der Waals surface area contributed by atoms with Gasteiger partial charge in [-0.15, -0.1) is 6.58 Å². The number of hydrogen-bond acceptors (Lipinski definition) is 4. The lowest BCUT2D eigenvalue weighted by molar-refractivity contribution is -0.0705. The lowest BCUT2D eigenvalue weighted by atomic mass is 10.0. The minimum atomic E-state index is -0.791. The van der Waals surface area contributed by atoms with Gasteiger partial charge in [-0.2, -0.15) is 0 Å². The number of aromatic nitrogens is 2. The summed E-state index contributed by atoms with van der Waals surface area (Å²) in [4.78, 5) is 24.6. The van der Waals surface area contributed by atoms with Crippen LogP contribution in [0.3, 0.4) is 0 Å². The van der Waals surface area contributed by atoms with Gasteiger partial charge in [0.15, 0.2) is 0 Å². The number of aromatic amines is 1. The second kappa shape index (κ2) is 4.31. The third kappa shape index (κ3) is 2.09. The Hall–Kier alpha value is -1.66. The molecule has 1 aromatic heterocycles. The highest BCUT2D eigenvalue weighted by Gasteiger charge is 2.38. The van der Waals surface area contributed by atoms with Crippen LogP contribution in [-0.2, 0) is 4.74 Å². The molecular formula is C11H14N2O4. The Balaban J connectivity index is 2.29. The topological polar surface area (TPSA) is 84.3 Å². The van der Waals surface area contributed by atoms with E-state index >= 15 is 0 Å². The molecule has 6 heteroatoms. The van der Waals surface area contributed by atoms with E-state index in [9.17, 15) is 14.7 Å². The molecule has 0 aliphatic carbocycles. The Morgan fingerprint density at radius 3 is 3.00 bits per heavy atom. The predicted molar refractivity (Wildman–Crippen MR) is 60.7 cm³/mol. The maximum absolute atomic E-state index is 11.6. The molecule has 0 spiro atoms. The van der Waals surface area contributed by atoms with Gasteiger partial charge in [-0.1, -0.05) is 6.08 Å². The van der Waals surface area contributed by atoms with E-state index in [4.69, 9.17) is 4.74 Å². The fourth-order valence-corrected chi connectivity index (χ4v) is 1.94. The van der Waals surface area contributed by atoms with Crippen LogP contribution in [0.5, 0.6) is 0 Å². The van der Waals surface area contributed by atoms with E-state index in [1.54, 1.807) is 6.08 Å². The average Bonchev–Trinajstić information content (AvgIpc) is 2.74. The zero-order valence-corrected chi connectivity index (χ0v) is 9.26. The highest BCUT2D eigenvalue weighted by atomic mass is 16.5. The van der Waals surface area contributed by atoms with Crippen molar-refractivity contribution in [2.24, 2.45) is 0 Å². The van der Waals surface area contributed by atoms with Crippen molar-refractivity contribution in [3.8, 4) is 0 Å². The predicted octanol–water partition coefficient (Wildman–Crippen LogP) is -0.237. The quantitative estimate of drug-likeness (QED) is 0.712. The van der Waals surface area contributed by atoms with E-state index in [0.717, 1.165) is 0 Å². The molecule has 0 aromatic carbocycles. The second-order valence-corrected chi connectivity index (χ2v) is 4.06. The molecule has 1 fully saturated rings. The van der Waals surface area contributed by atoms with Crippen LogP contribution in [0.25, 0.3) is 0 Å². The zero-order valence-electron chi connectivity index (χ0n) is 9.26. The van der Waals surface area contributed by atoms with Crippen LogP contribution < -0.4 is 11.2 Å². The van der Waals surface area contributed by atoms with Crippen LogP contribution in [0.2, 0.25) is 0 Å². The molecule has 1 aliphatic heterocycles. The molecule has 0 amide bonds. The van der Waals surface area contributed by atoms with Gasteiger partial charge in [-0.25, -0.2) is 4.79 Å². The molecule has 0 radical (unpaired) electrons. The Bertz CT molecular complexity index is 533. The third-order valence-corrected chi connectivity index (χ3v) is 2.99. The van der Waals surface area contributed by atoms with Crippen LogP contribution in [-0.4, -0.2) is 26.9 Å². The van der Waals surface area contributed by atoms with E-state index in [1.165, 1.54) is 16.8 Å². The van der Waals surface area contributed by atoms with Crippen LogP contribution >= 0.6 is 0 Å². The van der Waals surface area contributed by atoms with Gasteiger partial charge in [-0.3, -0.25) is 14.3 Å². The van der Waals surface area contributed by atoms with Crippen molar-refractivity contribution >= 4 is 0 Å². The molecule has 92 valence electrons. The van der Waals surface area contributed by atoms with Crippen molar-refractivity contribution < 1.29 is 9.84 Å². The first-order valence-corrected chi connectivity index (χ1v) is 5.34. The summed E-state index contributed by atoms with van der Waals surface area (Å²) in [5, 5.41) is 9.25. The molecule has 2 atom stereocenters. The summed E-state index contributed by atoms with van der Waals surface area (Å²) in [7, 11) is 0. The summed E-state index contributed by atoms with van der Waals surface area (Å²) in [6, 6.07) is 1.26. The number of nitrogens with one attached hydrogen (secondary N) is 1. The van der Waals surface area contributed by atoms with Gasteiger partial charge in [0.25, 0.3) is 5.56 Å². The van der Waals surface area contributed by atoms with Gasteiger partial charge in [0.1, 0.15) is 11.8 Å². The first kappa shape index (κ1) is 11.8. The van der Waals surface area contributed by atoms with Crippen molar-refractivity contribution in [3.63, 3.8) is 0 Å². The molecule has 1 aromatic rings. The summed E-state index contributed by atoms with van der Waals surface area (Å²) in [6.07, 6.45) is 3.62.